The normalized spacial score (nSPS) is 10.3. The molecule has 1 aromatic heterocycles. The smallest absolute Gasteiger partial charge is 0.267 e. The summed E-state index contributed by atoms with van der Waals surface area (Å²) in [5.41, 5.74) is 0.737. The van der Waals surface area contributed by atoms with E-state index in [0.29, 0.717) is 31.3 Å². The molecule has 0 atom stereocenters. The molecule has 0 N–H and O–H groups in total. The van der Waals surface area contributed by atoms with Gasteiger partial charge in [-0.1, -0.05) is 12.1 Å². The van der Waals surface area contributed by atoms with Crippen LogP contribution in [0, 0.1) is 6.92 Å². The summed E-state index contributed by atoms with van der Waals surface area (Å²) < 4.78 is 12.5. The Hall–Kier alpha value is -2.30. The Morgan fingerprint density at radius 3 is 2.55 bits per heavy atom. The van der Waals surface area contributed by atoms with E-state index in [1.54, 1.807) is 12.3 Å². The number of benzene rings is 1. The van der Waals surface area contributed by atoms with E-state index in [1.807, 2.05) is 38.1 Å². The molecule has 2 rings (SSSR count). The molecule has 2 aromatic rings. The number of para-hydroxylation sites is 2. The summed E-state index contributed by atoms with van der Waals surface area (Å²) >= 11 is 0. The Kier molecular flexibility index (Phi) is 4.76. The fourth-order valence-electron chi connectivity index (χ4n) is 1.78. The number of hydrogen-bond donors (Lipinski definition) is 0. The van der Waals surface area contributed by atoms with Crippen LogP contribution in [0.2, 0.25) is 0 Å². The molecule has 0 fully saturated rings. The molecule has 20 heavy (non-hydrogen) atoms. The predicted octanol–water partition coefficient (Wildman–Crippen LogP) is 2.03. The zero-order chi connectivity index (χ0) is 14.4. The number of hydrogen-bond acceptors (Lipinski definition) is 4. The van der Waals surface area contributed by atoms with E-state index in [2.05, 4.69) is 5.10 Å². The average molecular weight is 274 g/mol. The fraction of sp³-hybridized carbons (Fsp3) is 0.333. The third-order valence-corrected chi connectivity index (χ3v) is 2.72. The Morgan fingerprint density at radius 2 is 1.90 bits per heavy atom. The molecule has 0 aliphatic carbocycles. The summed E-state index contributed by atoms with van der Waals surface area (Å²) in [5.74, 6) is 1.38. The van der Waals surface area contributed by atoms with E-state index in [9.17, 15) is 4.79 Å². The summed E-state index contributed by atoms with van der Waals surface area (Å²) in [6.45, 7) is 5.11. The standard InChI is InChI=1S/C15H18N2O3/c1-3-19-13-6-4-5-7-14(13)20-9-8-17-15(18)10-12(2)11-16-17/h4-7,10-11H,3,8-9H2,1-2H3. The molecule has 0 aliphatic heterocycles. The zero-order valence-corrected chi connectivity index (χ0v) is 11.7. The van der Waals surface area contributed by atoms with Gasteiger partial charge in [-0.05, 0) is 31.5 Å². The Morgan fingerprint density at radius 1 is 1.20 bits per heavy atom. The molecule has 0 aliphatic rings. The number of rotatable bonds is 6. The minimum atomic E-state index is -0.119. The van der Waals surface area contributed by atoms with Crippen LogP contribution < -0.4 is 15.0 Å². The molecule has 0 radical (unpaired) electrons. The van der Waals surface area contributed by atoms with Gasteiger partial charge in [0.2, 0.25) is 0 Å². The molecule has 0 amide bonds. The first-order chi connectivity index (χ1) is 9.70. The molecule has 5 nitrogen and oxygen atoms in total. The SMILES string of the molecule is CCOc1ccccc1OCCn1ncc(C)cc1=O. The lowest BCUT2D eigenvalue weighted by Crippen LogP contribution is -2.25. The number of aryl methyl sites for hydroxylation is 1. The number of nitrogens with zero attached hydrogens (tertiary/aromatic N) is 2. The Labute approximate surface area is 117 Å². The van der Waals surface area contributed by atoms with Gasteiger partial charge in [-0.2, -0.15) is 5.10 Å². The van der Waals surface area contributed by atoms with Gasteiger partial charge in [0, 0.05) is 6.07 Å². The quantitative estimate of drug-likeness (QED) is 0.808. The van der Waals surface area contributed by atoms with Crippen molar-refractivity contribution in [2.24, 2.45) is 0 Å². The van der Waals surface area contributed by atoms with Crippen LogP contribution in [0.15, 0.2) is 41.3 Å². The summed E-state index contributed by atoms with van der Waals surface area (Å²) in [5, 5.41) is 4.06. The fourth-order valence-corrected chi connectivity index (χ4v) is 1.78. The molecule has 0 saturated heterocycles. The molecule has 0 bridgehead atoms. The zero-order valence-electron chi connectivity index (χ0n) is 11.7. The average Bonchev–Trinajstić information content (AvgIpc) is 2.43. The highest BCUT2D eigenvalue weighted by Crippen LogP contribution is 2.26. The van der Waals surface area contributed by atoms with E-state index >= 15 is 0 Å². The molecule has 5 heteroatoms. The number of ether oxygens (including phenoxy) is 2. The topological polar surface area (TPSA) is 53.4 Å². The van der Waals surface area contributed by atoms with Crippen molar-refractivity contribution < 1.29 is 9.47 Å². The van der Waals surface area contributed by atoms with Gasteiger partial charge in [0.15, 0.2) is 11.5 Å². The van der Waals surface area contributed by atoms with E-state index < -0.39 is 0 Å². The molecule has 0 unspecified atom stereocenters. The van der Waals surface area contributed by atoms with Crippen LogP contribution in [0.1, 0.15) is 12.5 Å². The lowest BCUT2D eigenvalue weighted by Gasteiger charge is -2.11. The highest BCUT2D eigenvalue weighted by atomic mass is 16.5. The van der Waals surface area contributed by atoms with Crippen LogP contribution in [-0.4, -0.2) is 23.0 Å². The molecule has 106 valence electrons. The van der Waals surface area contributed by atoms with Crippen molar-refractivity contribution in [3.05, 3.63) is 52.4 Å². The van der Waals surface area contributed by atoms with Crippen molar-refractivity contribution in [1.82, 2.24) is 9.78 Å². The molecule has 1 aromatic carbocycles. The largest absolute Gasteiger partial charge is 0.490 e. The first kappa shape index (κ1) is 14.1. The molecule has 1 heterocycles. The van der Waals surface area contributed by atoms with Crippen molar-refractivity contribution in [2.45, 2.75) is 20.4 Å². The van der Waals surface area contributed by atoms with Crippen LogP contribution in [0.3, 0.4) is 0 Å². The van der Waals surface area contributed by atoms with Gasteiger partial charge in [-0.3, -0.25) is 4.79 Å². The lowest BCUT2D eigenvalue weighted by molar-refractivity contribution is 0.260. The van der Waals surface area contributed by atoms with Gasteiger partial charge in [0.25, 0.3) is 5.56 Å². The van der Waals surface area contributed by atoms with Crippen LogP contribution in [-0.2, 0) is 6.54 Å². The summed E-state index contributed by atoms with van der Waals surface area (Å²) in [4.78, 5) is 11.7. The van der Waals surface area contributed by atoms with Crippen LogP contribution >= 0.6 is 0 Å². The van der Waals surface area contributed by atoms with Gasteiger partial charge in [-0.15, -0.1) is 0 Å². The van der Waals surface area contributed by atoms with E-state index in [0.717, 1.165) is 5.56 Å². The number of aromatic nitrogens is 2. The van der Waals surface area contributed by atoms with E-state index in [-0.39, 0.29) is 5.56 Å². The minimum Gasteiger partial charge on any atom is -0.490 e. The monoisotopic (exact) mass is 274 g/mol. The second kappa shape index (κ2) is 6.75. The summed E-state index contributed by atoms with van der Waals surface area (Å²) in [6, 6.07) is 9.03. The molecular weight excluding hydrogens is 256 g/mol. The van der Waals surface area contributed by atoms with Crippen molar-refractivity contribution in [2.75, 3.05) is 13.2 Å². The first-order valence-corrected chi connectivity index (χ1v) is 6.59. The second-order valence-electron chi connectivity index (χ2n) is 4.32. The molecule has 0 saturated carbocycles. The van der Waals surface area contributed by atoms with Crippen LogP contribution in [0.25, 0.3) is 0 Å². The Balaban J connectivity index is 1.97. The van der Waals surface area contributed by atoms with Crippen LogP contribution in [0.5, 0.6) is 11.5 Å². The van der Waals surface area contributed by atoms with E-state index in [4.69, 9.17) is 9.47 Å². The molecular formula is C15H18N2O3. The van der Waals surface area contributed by atoms with Crippen molar-refractivity contribution in [3.8, 4) is 11.5 Å². The second-order valence-corrected chi connectivity index (χ2v) is 4.32. The highest BCUT2D eigenvalue weighted by molar-refractivity contribution is 5.39. The van der Waals surface area contributed by atoms with Crippen LogP contribution in [0.4, 0.5) is 0 Å². The van der Waals surface area contributed by atoms with Gasteiger partial charge >= 0.3 is 0 Å². The minimum absolute atomic E-state index is 0.119. The maximum absolute atomic E-state index is 11.7. The van der Waals surface area contributed by atoms with Gasteiger partial charge in [0.1, 0.15) is 6.61 Å². The predicted molar refractivity (Wildman–Crippen MR) is 76.3 cm³/mol. The maximum Gasteiger partial charge on any atom is 0.267 e. The maximum atomic E-state index is 11.7. The summed E-state index contributed by atoms with van der Waals surface area (Å²) in [7, 11) is 0. The summed E-state index contributed by atoms with van der Waals surface area (Å²) in [6.07, 6.45) is 1.66. The van der Waals surface area contributed by atoms with Crippen molar-refractivity contribution >= 4 is 0 Å². The molecule has 0 spiro atoms. The lowest BCUT2D eigenvalue weighted by atomic mass is 10.3. The van der Waals surface area contributed by atoms with Gasteiger partial charge < -0.3 is 9.47 Å². The van der Waals surface area contributed by atoms with Gasteiger partial charge in [0.05, 0.1) is 19.3 Å². The third kappa shape index (κ3) is 3.60. The van der Waals surface area contributed by atoms with Crippen molar-refractivity contribution in [3.63, 3.8) is 0 Å². The van der Waals surface area contributed by atoms with Crippen molar-refractivity contribution in [1.29, 1.82) is 0 Å². The highest BCUT2D eigenvalue weighted by Gasteiger charge is 2.04. The third-order valence-electron chi connectivity index (χ3n) is 2.72. The first-order valence-electron chi connectivity index (χ1n) is 6.59. The van der Waals surface area contributed by atoms with E-state index in [1.165, 1.54) is 4.68 Å². The Bertz CT molecular complexity index is 623. The van der Waals surface area contributed by atoms with Gasteiger partial charge in [-0.25, -0.2) is 4.68 Å².